The summed E-state index contributed by atoms with van der Waals surface area (Å²) < 4.78 is 11.0. The monoisotopic (exact) mass is 310 g/mol. The molecule has 1 amide bonds. The minimum atomic E-state index is -0.481. The van der Waals surface area contributed by atoms with Crippen LogP contribution < -0.4 is 5.32 Å². The highest BCUT2D eigenvalue weighted by Gasteiger charge is 2.31. The molecular weight excluding hydrogens is 280 g/mol. The van der Waals surface area contributed by atoms with Crippen LogP contribution in [0.2, 0.25) is 0 Å². The quantitative estimate of drug-likeness (QED) is 0.792. The van der Waals surface area contributed by atoms with Crippen LogP contribution in [0.15, 0.2) is 0 Å². The van der Waals surface area contributed by atoms with Crippen LogP contribution in [0.5, 0.6) is 0 Å². The van der Waals surface area contributed by atoms with E-state index in [4.69, 9.17) is 15.9 Å². The van der Waals surface area contributed by atoms with Crippen molar-refractivity contribution in [1.29, 1.82) is 0 Å². The van der Waals surface area contributed by atoms with Gasteiger partial charge in [-0.1, -0.05) is 0 Å². The number of carbonyl (C=O) groups is 1. The molecule has 126 valence electrons. The van der Waals surface area contributed by atoms with Gasteiger partial charge in [0, 0.05) is 25.0 Å². The maximum absolute atomic E-state index is 12.3. The number of terminal acetylenes is 1. The van der Waals surface area contributed by atoms with Crippen molar-refractivity contribution in [1.82, 2.24) is 10.2 Å². The lowest BCUT2D eigenvalue weighted by molar-refractivity contribution is -0.0357. The Bertz CT molecular complexity index is 398. The van der Waals surface area contributed by atoms with E-state index in [2.05, 4.69) is 25.1 Å². The summed E-state index contributed by atoms with van der Waals surface area (Å²) in [5, 5.41) is 3.46. The predicted molar refractivity (Wildman–Crippen MR) is 87.7 cm³/mol. The maximum Gasteiger partial charge on any atom is 0.410 e. The van der Waals surface area contributed by atoms with Crippen molar-refractivity contribution in [2.24, 2.45) is 0 Å². The van der Waals surface area contributed by atoms with Crippen molar-refractivity contribution in [2.45, 2.75) is 71.2 Å². The van der Waals surface area contributed by atoms with Crippen molar-refractivity contribution in [3.8, 4) is 12.3 Å². The number of amides is 1. The third-order valence-corrected chi connectivity index (χ3v) is 3.47. The van der Waals surface area contributed by atoms with Crippen LogP contribution in [0, 0.1) is 12.3 Å². The topological polar surface area (TPSA) is 50.8 Å². The average molecular weight is 310 g/mol. The van der Waals surface area contributed by atoms with Crippen molar-refractivity contribution in [3.05, 3.63) is 0 Å². The summed E-state index contributed by atoms with van der Waals surface area (Å²) in [6.45, 7) is 11.5. The molecule has 3 atom stereocenters. The molecule has 0 saturated carbocycles. The van der Waals surface area contributed by atoms with Gasteiger partial charge in [-0.05, 0) is 41.0 Å². The fraction of sp³-hybridized carbons (Fsp3) is 0.824. The van der Waals surface area contributed by atoms with Gasteiger partial charge in [0.05, 0.1) is 19.3 Å². The molecule has 1 aliphatic heterocycles. The van der Waals surface area contributed by atoms with E-state index in [0.717, 1.165) is 6.42 Å². The summed E-state index contributed by atoms with van der Waals surface area (Å²) in [5.41, 5.74) is -0.481. The van der Waals surface area contributed by atoms with Crippen molar-refractivity contribution < 1.29 is 14.3 Å². The molecule has 0 radical (unpaired) electrons. The number of carbonyl (C=O) groups excluding carboxylic acids is 1. The van der Waals surface area contributed by atoms with E-state index < -0.39 is 5.60 Å². The molecule has 1 aliphatic rings. The van der Waals surface area contributed by atoms with E-state index in [9.17, 15) is 4.79 Å². The van der Waals surface area contributed by atoms with E-state index in [1.807, 2.05) is 20.8 Å². The highest BCUT2D eigenvalue weighted by molar-refractivity contribution is 5.68. The van der Waals surface area contributed by atoms with Crippen molar-refractivity contribution >= 4 is 6.09 Å². The molecule has 5 heteroatoms. The van der Waals surface area contributed by atoms with Gasteiger partial charge in [-0.2, -0.15) is 0 Å². The largest absolute Gasteiger partial charge is 0.444 e. The Morgan fingerprint density at radius 1 is 1.45 bits per heavy atom. The van der Waals surface area contributed by atoms with Crippen LogP contribution in [-0.4, -0.2) is 54.5 Å². The van der Waals surface area contributed by atoms with Gasteiger partial charge < -0.3 is 19.7 Å². The fourth-order valence-electron chi connectivity index (χ4n) is 2.61. The zero-order valence-electron chi connectivity index (χ0n) is 14.5. The minimum Gasteiger partial charge on any atom is -0.444 e. The number of nitrogens with zero attached hydrogens (tertiary/aromatic N) is 1. The van der Waals surface area contributed by atoms with E-state index >= 15 is 0 Å². The lowest BCUT2D eigenvalue weighted by atomic mass is 10.1. The Kier molecular flexibility index (Phi) is 7.18. The molecule has 0 aromatic rings. The van der Waals surface area contributed by atoms with E-state index in [1.165, 1.54) is 0 Å². The van der Waals surface area contributed by atoms with Gasteiger partial charge in [0.1, 0.15) is 5.60 Å². The fourth-order valence-corrected chi connectivity index (χ4v) is 2.61. The maximum atomic E-state index is 12.3. The first-order valence-electron chi connectivity index (χ1n) is 8.00. The average Bonchev–Trinajstić information content (AvgIpc) is 2.37. The molecule has 22 heavy (non-hydrogen) atoms. The molecule has 3 unspecified atom stereocenters. The molecule has 0 aromatic heterocycles. The Balaban J connectivity index is 2.58. The minimum absolute atomic E-state index is 0.0316. The van der Waals surface area contributed by atoms with Gasteiger partial charge in [0.25, 0.3) is 0 Å². The number of hydrogen-bond donors (Lipinski definition) is 1. The Labute approximate surface area is 134 Å². The molecule has 1 saturated heterocycles. The van der Waals surface area contributed by atoms with Crippen LogP contribution in [0.1, 0.15) is 47.5 Å². The van der Waals surface area contributed by atoms with Crippen LogP contribution in [0.3, 0.4) is 0 Å². The smallest absolute Gasteiger partial charge is 0.410 e. The SMILES string of the molecule is C#CCC(C)NC(C)CC1COCCN1C(=O)OC(C)(C)C. The molecule has 1 heterocycles. The summed E-state index contributed by atoms with van der Waals surface area (Å²) in [6.07, 6.45) is 6.58. The highest BCUT2D eigenvalue weighted by Crippen LogP contribution is 2.17. The first kappa shape index (κ1) is 18.8. The van der Waals surface area contributed by atoms with Gasteiger partial charge >= 0.3 is 6.09 Å². The summed E-state index contributed by atoms with van der Waals surface area (Å²) in [7, 11) is 0. The van der Waals surface area contributed by atoms with E-state index in [0.29, 0.717) is 26.2 Å². The summed E-state index contributed by atoms with van der Waals surface area (Å²) in [4.78, 5) is 14.1. The second-order valence-corrected chi connectivity index (χ2v) is 7.02. The summed E-state index contributed by atoms with van der Waals surface area (Å²) >= 11 is 0. The molecular formula is C17H30N2O3. The summed E-state index contributed by atoms with van der Waals surface area (Å²) in [6, 6.07) is 0.545. The molecule has 1 rings (SSSR count). The number of nitrogens with one attached hydrogen (secondary N) is 1. The van der Waals surface area contributed by atoms with Gasteiger partial charge in [0.2, 0.25) is 0 Å². The van der Waals surface area contributed by atoms with Crippen molar-refractivity contribution in [2.75, 3.05) is 19.8 Å². The first-order chi connectivity index (χ1) is 10.2. The Morgan fingerprint density at radius 2 is 2.14 bits per heavy atom. The third-order valence-electron chi connectivity index (χ3n) is 3.47. The Morgan fingerprint density at radius 3 is 2.73 bits per heavy atom. The van der Waals surface area contributed by atoms with Crippen LogP contribution in [0.25, 0.3) is 0 Å². The number of hydrogen-bond acceptors (Lipinski definition) is 4. The lowest BCUT2D eigenvalue weighted by Gasteiger charge is -2.38. The molecule has 0 aromatic carbocycles. The molecule has 1 N–H and O–H groups in total. The standard InChI is InChI=1S/C17H30N2O3/c1-7-8-13(2)18-14(3)11-15-12-21-10-9-19(15)16(20)22-17(4,5)6/h1,13-15,18H,8-12H2,2-6H3. The molecule has 1 fully saturated rings. The highest BCUT2D eigenvalue weighted by atomic mass is 16.6. The van der Waals surface area contributed by atoms with Crippen LogP contribution in [0.4, 0.5) is 4.79 Å². The molecule has 0 spiro atoms. The zero-order valence-corrected chi connectivity index (χ0v) is 14.5. The third kappa shape index (κ3) is 6.67. The van der Waals surface area contributed by atoms with Gasteiger partial charge in [-0.15, -0.1) is 12.3 Å². The van der Waals surface area contributed by atoms with Crippen LogP contribution >= 0.6 is 0 Å². The second kappa shape index (κ2) is 8.40. The van der Waals surface area contributed by atoms with Gasteiger partial charge in [-0.25, -0.2) is 4.79 Å². The lowest BCUT2D eigenvalue weighted by Crippen LogP contribution is -2.52. The number of ether oxygens (including phenoxy) is 2. The summed E-state index contributed by atoms with van der Waals surface area (Å²) in [5.74, 6) is 2.66. The molecule has 5 nitrogen and oxygen atoms in total. The van der Waals surface area contributed by atoms with E-state index in [-0.39, 0.29) is 24.2 Å². The predicted octanol–water partition coefficient (Wildman–Crippen LogP) is 2.40. The van der Waals surface area contributed by atoms with Gasteiger partial charge in [0.15, 0.2) is 0 Å². The Hall–Kier alpha value is -1.25. The second-order valence-electron chi connectivity index (χ2n) is 7.02. The van der Waals surface area contributed by atoms with Crippen molar-refractivity contribution in [3.63, 3.8) is 0 Å². The first-order valence-corrected chi connectivity index (χ1v) is 8.00. The molecule has 0 bridgehead atoms. The molecule has 0 aliphatic carbocycles. The zero-order chi connectivity index (χ0) is 16.8. The van der Waals surface area contributed by atoms with E-state index in [1.54, 1.807) is 4.90 Å². The normalized spacial score (nSPS) is 21.8. The van der Waals surface area contributed by atoms with Gasteiger partial charge in [-0.3, -0.25) is 0 Å². The number of morpholine rings is 1. The number of rotatable bonds is 5. The van der Waals surface area contributed by atoms with Crippen LogP contribution in [-0.2, 0) is 9.47 Å².